The molecule has 1 aromatic carbocycles. The van der Waals surface area contributed by atoms with Crippen LogP contribution in [0.15, 0.2) is 21.1 Å². The first kappa shape index (κ1) is 8.08. The second-order valence-electron chi connectivity index (χ2n) is 2.10. The van der Waals surface area contributed by atoms with Crippen molar-refractivity contribution in [2.24, 2.45) is 0 Å². The molecule has 0 aliphatic rings. The molecule has 1 nitrogen and oxygen atoms in total. The first-order valence-corrected chi connectivity index (χ1v) is 4.37. The van der Waals surface area contributed by atoms with Crippen molar-refractivity contribution in [2.45, 2.75) is 6.92 Å². The van der Waals surface area contributed by atoms with Crippen molar-refractivity contribution in [1.29, 1.82) is 0 Å². The van der Waals surface area contributed by atoms with Gasteiger partial charge < -0.3 is 0 Å². The number of rotatable bonds is 0. The van der Waals surface area contributed by atoms with Gasteiger partial charge in [0.05, 0.1) is 5.69 Å². The Labute approximate surface area is 76.9 Å². The Morgan fingerprint density at radius 2 is 1.60 bits per heavy atom. The maximum absolute atomic E-state index is 7.45. The van der Waals surface area contributed by atoms with E-state index in [0.717, 1.165) is 14.5 Å². The lowest BCUT2D eigenvalue weighted by atomic mass is 10.2. The average molecular weight is 264 g/mol. The van der Waals surface area contributed by atoms with Crippen LogP contribution in [0, 0.1) is 6.92 Å². The van der Waals surface area contributed by atoms with E-state index in [2.05, 4.69) is 31.9 Å². The van der Waals surface area contributed by atoms with E-state index in [1.807, 2.05) is 19.1 Å². The van der Waals surface area contributed by atoms with Crippen molar-refractivity contribution < 1.29 is 0 Å². The minimum Gasteiger partial charge on any atom is -0.299 e. The molecule has 0 saturated heterocycles. The van der Waals surface area contributed by atoms with E-state index in [1.54, 1.807) is 0 Å². The molecule has 0 unspecified atom stereocenters. The number of aryl methyl sites for hydroxylation is 1. The Morgan fingerprint density at radius 3 is 2.00 bits per heavy atom. The number of hydrogen-bond donors (Lipinski definition) is 0. The van der Waals surface area contributed by atoms with Gasteiger partial charge in [-0.25, -0.2) is 0 Å². The van der Waals surface area contributed by atoms with E-state index >= 15 is 0 Å². The third-order valence-electron chi connectivity index (χ3n) is 1.19. The Bertz CT molecular complexity index is 235. The minimum atomic E-state index is 0.505. The van der Waals surface area contributed by atoms with Crippen molar-refractivity contribution in [3.8, 4) is 0 Å². The molecule has 0 aromatic heterocycles. The molecule has 10 heavy (non-hydrogen) atoms. The molecule has 1 aromatic rings. The fourth-order valence-corrected chi connectivity index (χ4v) is 2.12. The molecule has 0 heterocycles. The standard InChI is InChI=1S/C7H6Br2N/c1-4-2-5(8)7(10)6(9)3-4/h2-3,10H,1H3. The minimum absolute atomic E-state index is 0.505. The first-order chi connectivity index (χ1) is 4.61. The van der Waals surface area contributed by atoms with Gasteiger partial charge in [0, 0.05) is 8.95 Å². The summed E-state index contributed by atoms with van der Waals surface area (Å²) in [5.74, 6) is 0. The lowest BCUT2D eigenvalue weighted by Gasteiger charge is -2.00. The van der Waals surface area contributed by atoms with Gasteiger partial charge in [-0.1, -0.05) is 0 Å². The Balaban J connectivity index is 3.31. The molecule has 1 radical (unpaired) electrons. The predicted molar refractivity (Wildman–Crippen MR) is 49.3 cm³/mol. The van der Waals surface area contributed by atoms with Gasteiger partial charge in [0.25, 0.3) is 0 Å². The van der Waals surface area contributed by atoms with Gasteiger partial charge in [-0.2, -0.15) is 0 Å². The first-order valence-electron chi connectivity index (χ1n) is 2.78. The summed E-state index contributed by atoms with van der Waals surface area (Å²) in [6.07, 6.45) is 0. The van der Waals surface area contributed by atoms with Crippen LogP contribution in [0.2, 0.25) is 0 Å². The summed E-state index contributed by atoms with van der Waals surface area (Å²) in [5, 5.41) is 0. The molecule has 0 atom stereocenters. The van der Waals surface area contributed by atoms with E-state index in [-0.39, 0.29) is 0 Å². The molecular formula is C7H6Br2N. The molecule has 1 rings (SSSR count). The van der Waals surface area contributed by atoms with E-state index in [1.165, 1.54) is 0 Å². The van der Waals surface area contributed by atoms with Crippen molar-refractivity contribution in [3.63, 3.8) is 0 Å². The molecule has 3 heteroatoms. The van der Waals surface area contributed by atoms with Crippen LogP contribution >= 0.6 is 31.9 Å². The third-order valence-corrected chi connectivity index (χ3v) is 2.44. The lowest BCUT2D eigenvalue weighted by Crippen LogP contribution is -1.78. The summed E-state index contributed by atoms with van der Waals surface area (Å²) in [5.41, 5.74) is 9.10. The normalized spacial score (nSPS) is 9.90. The van der Waals surface area contributed by atoms with Crippen LogP contribution in [-0.2, 0) is 0 Å². The molecule has 0 spiro atoms. The smallest absolute Gasteiger partial charge is 0.0824 e. The third kappa shape index (κ3) is 1.52. The molecule has 0 saturated carbocycles. The Morgan fingerprint density at radius 1 is 1.20 bits per heavy atom. The van der Waals surface area contributed by atoms with Crippen LogP contribution < -0.4 is 5.73 Å². The second kappa shape index (κ2) is 2.93. The lowest BCUT2D eigenvalue weighted by molar-refractivity contribution is 1.36. The second-order valence-corrected chi connectivity index (χ2v) is 3.81. The summed E-state index contributed by atoms with van der Waals surface area (Å²) in [6, 6.07) is 3.85. The zero-order valence-electron chi connectivity index (χ0n) is 5.41. The molecule has 0 aliphatic heterocycles. The molecule has 1 N–H and O–H groups in total. The van der Waals surface area contributed by atoms with Gasteiger partial charge in [-0.05, 0) is 56.5 Å². The largest absolute Gasteiger partial charge is 0.299 e. The van der Waals surface area contributed by atoms with Crippen molar-refractivity contribution in [2.75, 3.05) is 0 Å². The molecular weight excluding hydrogens is 258 g/mol. The summed E-state index contributed by atoms with van der Waals surface area (Å²) in [4.78, 5) is 0. The van der Waals surface area contributed by atoms with Crippen LogP contribution in [0.1, 0.15) is 5.56 Å². The summed E-state index contributed by atoms with van der Waals surface area (Å²) in [6.45, 7) is 2.00. The fourth-order valence-electron chi connectivity index (χ4n) is 0.700. The van der Waals surface area contributed by atoms with Crippen LogP contribution in [0.3, 0.4) is 0 Å². The average Bonchev–Trinajstić information content (AvgIpc) is 1.82. The maximum atomic E-state index is 7.45. The van der Waals surface area contributed by atoms with Crippen LogP contribution in [-0.4, -0.2) is 0 Å². The zero-order valence-corrected chi connectivity index (χ0v) is 8.58. The van der Waals surface area contributed by atoms with Crippen molar-refractivity contribution >= 4 is 37.5 Å². The van der Waals surface area contributed by atoms with E-state index < -0.39 is 0 Å². The highest BCUT2D eigenvalue weighted by atomic mass is 79.9. The maximum Gasteiger partial charge on any atom is 0.0824 e. The van der Waals surface area contributed by atoms with Crippen LogP contribution in [0.4, 0.5) is 5.69 Å². The molecule has 0 fully saturated rings. The van der Waals surface area contributed by atoms with E-state index in [0.29, 0.717) is 5.69 Å². The highest BCUT2D eigenvalue weighted by Crippen LogP contribution is 2.30. The van der Waals surface area contributed by atoms with Gasteiger partial charge in [-0.15, -0.1) is 0 Å². The number of halogens is 2. The fraction of sp³-hybridized carbons (Fsp3) is 0.143. The number of hydrogen-bond acceptors (Lipinski definition) is 0. The van der Waals surface area contributed by atoms with E-state index in [9.17, 15) is 0 Å². The summed E-state index contributed by atoms with van der Waals surface area (Å²) in [7, 11) is 0. The predicted octanol–water partition coefficient (Wildman–Crippen LogP) is 3.43. The SMILES string of the molecule is Cc1cc(Br)c([NH])c(Br)c1. The van der Waals surface area contributed by atoms with Crippen molar-refractivity contribution in [3.05, 3.63) is 26.6 Å². The van der Waals surface area contributed by atoms with E-state index in [4.69, 9.17) is 5.73 Å². The Hall–Kier alpha value is -0.0200. The van der Waals surface area contributed by atoms with Gasteiger partial charge >= 0.3 is 0 Å². The van der Waals surface area contributed by atoms with Crippen LogP contribution in [0.5, 0.6) is 0 Å². The van der Waals surface area contributed by atoms with Gasteiger partial charge in [-0.3, -0.25) is 5.73 Å². The monoisotopic (exact) mass is 262 g/mol. The van der Waals surface area contributed by atoms with Crippen molar-refractivity contribution in [1.82, 2.24) is 5.73 Å². The number of benzene rings is 1. The van der Waals surface area contributed by atoms with Gasteiger partial charge in [0.1, 0.15) is 0 Å². The highest BCUT2D eigenvalue weighted by molar-refractivity contribution is 9.11. The number of nitrogens with one attached hydrogen (secondary N) is 1. The topological polar surface area (TPSA) is 23.8 Å². The van der Waals surface area contributed by atoms with Crippen LogP contribution in [0.25, 0.3) is 0 Å². The summed E-state index contributed by atoms with van der Waals surface area (Å²) >= 11 is 6.56. The summed E-state index contributed by atoms with van der Waals surface area (Å²) < 4.78 is 1.67. The molecule has 0 bridgehead atoms. The molecule has 53 valence electrons. The molecule has 0 amide bonds. The zero-order chi connectivity index (χ0) is 7.72. The Kier molecular flexibility index (Phi) is 2.36. The molecule has 0 aliphatic carbocycles. The quantitative estimate of drug-likeness (QED) is 0.685. The van der Waals surface area contributed by atoms with Gasteiger partial charge in [0.15, 0.2) is 0 Å². The van der Waals surface area contributed by atoms with Gasteiger partial charge in [0.2, 0.25) is 0 Å². The highest BCUT2D eigenvalue weighted by Gasteiger charge is 2.00.